The second kappa shape index (κ2) is 2.71. The number of rotatable bonds is 0. The molecule has 0 nitrogen and oxygen atoms in total. The molecule has 0 amide bonds. The van der Waals surface area contributed by atoms with Gasteiger partial charge in [-0.05, 0) is 25.1 Å². The third-order valence-electron chi connectivity index (χ3n) is 1.75. The average molecular weight is 201 g/mol. The molecule has 2 rings (SSSR count). The Bertz CT molecular complexity index is 433. The van der Waals surface area contributed by atoms with Gasteiger partial charge in [0.1, 0.15) is 5.82 Å². The van der Waals surface area contributed by atoms with Crippen molar-refractivity contribution in [2.24, 2.45) is 0 Å². The maximum atomic E-state index is 13.3. The molecule has 1 heterocycles. The topological polar surface area (TPSA) is 0 Å². The van der Waals surface area contributed by atoms with E-state index in [9.17, 15) is 4.39 Å². The first-order valence-electron chi connectivity index (χ1n) is 3.52. The molecule has 0 unspecified atom stereocenters. The van der Waals surface area contributed by atoms with Crippen LogP contribution in [0.5, 0.6) is 0 Å². The van der Waals surface area contributed by atoms with Crippen LogP contribution in [0.25, 0.3) is 10.1 Å². The average Bonchev–Trinajstić information content (AvgIpc) is 2.28. The van der Waals surface area contributed by atoms with E-state index in [4.69, 9.17) is 11.6 Å². The third kappa shape index (κ3) is 1.11. The van der Waals surface area contributed by atoms with Crippen LogP contribution >= 0.6 is 22.9 Å². The SMILES string of the molecule is Cc1sc2cc(Cl)ccc2c1F. The van der Waals surface area contributed by atoms with Gasteiger partial charge < -0.3 is 0 Å². The molecule has 0 N–H and O–H groups in total. The van der Waals surface area contributed by atoms with E-state index in [-0.39, 0.29) is 5.82 Å². The van der Waals surface area contributed by atoms with Crippen molar-refractivity contribution in [2.75, 3.05) is 0 Å². The van der Waals surface area contributed by atoms with Gasteiger partial charge in [-0.1, -0.05) is 11.6 Å². The zero-order valence-electron chi connectivity index (χ0n) is 6.40. The van der Waals surface area contributed by atoms with E-state index in [0.717, 1.165) is 4.70 Å². The van der Waals surface area contributed by atoms with Gasteiger partial charge in [-0.15, -0.1) is 11.3 Å². The van der Waals surface area contributed by atoms with Gasteiger partial charge in [0.2, 0.25) is 0 Å². The standard InChI is InChI=1S/C9H6ClFS/c1-5-9(11)7-3-2-6(10)4-8(7)12-5/h2-4H,1H3. The van der Waals surface area contributed by atoms with Crippen LogP contribution in [0.15, 0.2) is 18.2 Å². The number of hydrogen-bond donors (Lipinski definition) is 0. The molecule has 1 aromatic carbocycles. The van der Waals surface area contributed by atoms with E-state index in [1.165, 1.54) is 11.3 Å². The van der Waals surface area contributed by atoms with Crippen LogP contribution in [0.4, 0.5) is 4.39 Å². The number of benzene rings is 1. The second-order valence-corrected chi connectivity index (χ2v) is 4.31. The summed E-state index contributed by atoms with van der Waals surface area (Å²) in [6, 6.07) is 5.22. The number of hydrogen-bond acceptors (Lipinski definition) is 1. The Hall–Kier alpha value is -0.600. The van der Waals surface area contributed by atoms with Gasteiger partial charge >= 0.3 is 0 Å². The molecule has 3 heteroatoms. The zero-order valence-corrected chi connectivity index (χ0v) is 7.97. The molecular formula is C9H6ClFS. The first-order chi connectivity index (χ1) is 5.68. The lowest BCUT2D eigenvalue weighted by Gasteiger charge is -1.89. The highest BCUT2D eigenvalue weighted by Gasteiger charge is 2.07. The van der Waals surface area contributed by atoms with Crippen LogP contribution in [-0.4, -0.2) is 0 Å². The predicted octanol–water partition coefficient (Wildman–Crippen LogP) is 4.00. The summed E-state index contributed by atoms with van der Waals surface area (Å²) in [6.45, 7) is 1.77. The fourth-order valence-electron chi connectivity index (χ4n) is 1.16. The minimum Gasteiger partial charge on any atom is -0.205 e. The fourth-order valence-corrected chi connectivity index (χ4v) is 2.38. The first-order valence-corrected chi connectivity index (χ1v) is 4.72. The van der Waals surface area contributed by atoms with E-state index >= 15 is 0 Å². The molecule has 12 heavy (non-hydrogen) atoms. The van der Waals surface area contributed by atoms with Gasteiger partial charge in [-0.3, -0.25) is 0 Å². The maximum absolute atomic E-state index is 13.3. The lowest BCUT2D eigenvalue weighted by molar-refractivity contribution is 0.636. The van der Waals surface area contributed by atoms with Gasteiger partial charge in [0.15, 0.2) is 0 Å². The highest BCUT2D eigenvalue weighted by molar-refractivity contribution is 7.19. The van der Waals surface area contributed by atoms with E-state index < -0.39 is 0 Å². The van der Waals surface area contributed by atoms with E-state index in [1.54, 1.807) is 25.1 Å². The Labute approximate surface area is 78.6 Å². The van der Waals surface area contributed by atoms with Crippen molar-refractivity contribution in [3.63, 3.8) is 0 Å². The predicted molar refractivity (Wildman–Crippen MR) is 51.5 cm³/mol. The van der Waals surface area contributed by atoms with E-state index in [0.29, 0.717) is 15.3 Å². The highest BCUT2D eigenvalue weighted by Crippen LogP contribution is 2.30. The van der Waals surface area contributed by atoms with E-state index in [2.05, 4.69) is 0 Å². The van der Waals surface area contributed by atoms with Gasteiger partial charge in [0.25, 0.3) is 0 Å². The Morgan fingerprint density at radius 1 is 1.42 bits per heavy atom. The number of fused-ring (bicyclic) bond motifs is 1. The van der Waals surface area contributed by atoms with Crippen molar-refractivity contribution in [3.05, 3.63) is 33.9 Å². The van der Waals surface area contributed by atoms with Gasteiger partial charge in [-0.25, -0.2) is 4.39 Å². The maximum Gasteiger partial charge on any atom is 0.144 e. The second-order valence-electron chi connectivity index (χ2n) is 2.61. The summed E-state index contributed by atoms with van der Waals surface area (Å²) in [6.07, 6.45) is 0. The molecular weight excluding hydrogens is 195 g/mol. The summed E-state index contributed by atoms with van der Waals surface area (Å²) in [7, 11) is 0. The third-order valence-corrected chi connectivity index (χ3v) is 3.03. The molecule has 62 valence electrons. The molecule has 2 aromatic rings. The summed E-state index contributed by atoms with van der Waals surface area (Å²) in [4.78, 5) is 0.715. The smallest absolute Gasteiger partial charge is 0.144 e. The molecule has 0 bridgehead atoms. The zero-order chi connectivity index (χ0) is 8.72. The van der Waals surface area contributed by atoms with Crippen molar-refractivity contribution in [1.82, 2.24) is 0 Å². The molecule has 0 aliphatic carbocycles. The lowest BCUT2D eigenvalue weighted by atomic mass is 10.2. The summed E-state index contributed by atoms with van der Waals surface area (Å²) >= 11 is 7.20. The molecule has 0 aliphatic rings. The summed E-state index contributed by atoms with van der Waals surface area (Å²) in [5.41, 5.74) is 0. The number of aryl methyl sites for hydroxylation is 1. The Kier molecular flexibility index (Phi) is 1.81. The fraction of sp³-hybridized carbons (Fsp3) is 0.111. The van der Waals surface area contributed by atoms with E-state index in [1.807, 2.05) is 0 Å². The molecule has 0 aliphatic heterocycles. The van der Waals surface area contributed by atoms with Gasteiger partial charge in [0.05, 0.1) is 0 Å². The first kappa shape index (κ1) is 8.02. The van der Waals surface area contributed by atoms with Crippen LogP contribution in [-0.2, 0) is 0 Å². The molecule has 0 saturated heterocycles. The van der Waals surface area contributed by atoms with Gasteiger partial charge in [0, 0.05) is 20.0 Å². The molecule has 0 radical (unpaired) electrons. The molecule has 0 saturated carbocycles. The van der Waals surface area contributed by atoms with Crippen LogP contribution in [0.1, 0.15) is 4.88 Å². The molecule has 0 spiro atoms. The molecule has 0 atom stereocenters. The summed E-state index contributed by atoms with van der Waals surface area (Å²) in [5.74, 6) is -0.119. The molecule has 0 fully saturated rings. The quantitative estimate of drug-likeness (QED) is 0.603. The van der Waals surface area contributed by atoms with Crippen molar-refractivity contribution in [1.29, 1.82) is 0 Å². The minimum absolute atomic E-state index is 0.119. The van der Waals surface area contributed by atoms with Crippen LogP contribution in [0.2, 0.25) is 5.02 Å². The van der Waals surface area contributed by atoms with Crippen molar-refractivity contribution in [2.45, 2.75) is 6.92 Å². The number of halogens is 2. The van der Waals surface area contributed by atoms with Crippen LogP contribution < -0.4 is 0 Å². The van der Waals surface area contributed by atoms with Crippen molar-refractivity contribution in [3.8, 4) is 0 Å². The monoisotopic (exact) mass is 200 g/mol. The lowest BCUT2D eigenvalue weighted by Crippen LogP contribution is -1.70. The van der Waals surface area contributed by atoms with Crippen molar-refractivity contribution < 1.29 is 4.39 Å². The summed E-state index contributed by atoms with van der Waals surface area (Å²) in [5, 5.41) is 1.32. The minimum atomic E-state index is -0.119. The molecule has 1 aromatic heterocycles. The van der Waals surface area contributed by atoms with Gasteiger partial charge in [-0.2, -0.15) is 0 Å². The number of thiophene rings is 1. The Morgan fingerprint density at radius 2 is 2.17 bits per heavy atom. The normalized spacial score (nSPS) is 10.9. The summed E-state index contributed by atoms with van der Waals surface area (Å²) < 4.78 is 14.2. The van der Waals surface area contributed by atoms with Crippen LogP contribution in [0, 0.1) is 12.7 Å². The Morgan fingerprint density at radius 3 is 2.92 bits per heavy atom. The van der Waals surface area contributed by atoms with Crippen LogP contribution in [0.3, 0.4) is 0 Å². The Balaban J connectivity index is 2.87. The van der Waals surface area contributed by atoms with Crippen molar-refractivity contribution >= 4 is 33.0 Å². The highest BCUT2D eigenvalue weighted by atomic mass is 35.5. The largest absolute Gasteiger partial charge is 0.205 e.